The van der Waals surface area contributed by atoms with Gasteiger partial charge in [0.2, 0.25) is 11.9 Å². The summed E-state index contributed by atoms with van der Waals surface area (Å²) >= 11 is 0. The number of aromatic nitrogens is 6. The molecule has 3 heterocycles. The molecule has 0 aliphatic heterocycles. The highest BCUT2D eigenvalue weighted by molar-refractivity contribution is 5.84. The van der Waals surface area contributed by atoms with Gasteiger partial charge in [-0.3, -0.25) is 4.79 Å². The molecular formula is C35H43N9O3. The topological polar surface area (TPSA) is 155 Å². The number of aliphatic hydroxyl groups is 2. The van der Waals surface area contributed by atoms with Crippen molar-refractivity contribution < 1.29 is 15.0 Å². The first-order valence-electron chi connectivity index (χ1n) is 16.3. The molecule has 3 aromatic heterocycles. The fraction of sp³-hybridized carbons (Fsp3) is 0.400. The van der Waals surface area contributed by atoms with Crippen molar-refractivity contribution in [1.82, 2.24) is 34.4 Å². The van der Waals surface area contributed by atoms with E-state index in [1.807, 2.05) is 53.5 Å². The number of carbonyl (C=O) groups is 1. The molecule has 4 atom stereocenters. The fourth-order valence-corrected chi connectivity index (χ4v) is 6.35. The molecule has 0 radical (unpaired) electrons. The second-order valence-corrected chi connectivity index (χ2v) is 12.3. The van der Waals surface area contributed by atoms with Crippen LogP contribution in [0.4, 0.5) is 11.8 Å². The molecule has 1 amide bonds. The Morgan fingerprint density at radius 2 is 1.64 bits per heavy atom. The summed E-state index contributed by atoms with van der Waals surface area (Å²) in [6.45, 7) is 7.96. The van der Waals surface area contributed by atoms with E-state index >= 15 is 0 Å². The lowest BCUT2D eigenvalue weighted by Gasteiger charge is -2.31. The molecule has 0 spiro atoms. The number of aliphatic hydroxyl groups excluding tert-OH is 2. The number of rotatable bonds is 13. The van der Waals surface area contributed by atoms with Crippen LogP contribution in [0.5, 0.6) is 0 Å². The van der Waals surface area contributed by atoms with E-state index in [2.05, 4.69) is 59.0 Å². The summed E-state index contributed by atoms with van der Waals surface area (Å²) in [5, 5.41) is 31.7. The molecule has 5 N–H and O–H groups in total. The summed E-state index contributed by atoms with van der Waals surface area (Å²) in [5.41, 5.74) is 3.94. The zero-order valence-corrected chi connectivity index (χ0v) is 27.0. The number of aryl methyl sites for hydroxylation is 1. The summed E-state index contributed by atoms with van der Waals surface area (Å²) in [5.74, 6) is 0.775. The summed E-state index contributed by atoms with van der Waals surface area (Å²) in [6, 6.07) is 19.6. The number of nitrogens with zero attached hydrogens (tertiary/aromatic N) is 6. The Labute approximate surface area is 274 Å². The maximum Gasteiger partial charge on any atom is 0.226 e. The number of anilines is 2. The molecule has 0 saturated heterocycles. The SMILES string of the molecule is CCC(=O)N[C@H]1CC(n2cnc3c(NCC(C)(c4ccccc4)c4ccccc4)nc(NCCc4cn(CC)cn4)nc32)[C@H](O)[C@@H]1O. The molecule has 2 aromatic carbocycles. The minimum Gasteiger partial charge on any atom is -0.388 e. The average Bonchev–Trinajstić information content (AvgIpc) is 3.82. The first kappa shape index (κ1) is 32.1. The fourth-order valence-electron chi connectivity index (χ4n) is 6.35. The van der Waals surface area contributed by atoms with Crippen molar-refractivity contribution in [2.24, 2.45) is 0 Å². The lowest BCUT2D eigenvalue weighted by Crippen LogP contribution is -2.42. The van der Waals surface area contributed by atoms with Crippen LogP contribution in [0.1, 0.15) is 56.5 Å². The van der Waals surface area contributed by atoms with Gasteiger partial charge in [0.25, 0.3) is 0 Å². The van der Waals surface area contributed by atoms with E-state index in [9.17, 15) is 15.0 Å². The third-order valence-electron chi connectivity index (χ3n) is 9.25. The van der Waals surface area contributed by atoms with Crippen molar-refractivity contribution in [1.29, 1.82) is 0 Å². The minimum absolute atomic E-state index is 0.179. The van der Waals surface area contributed by atoms with Crippen LogP contribution in [0.15, 0.2) is 79.5 Å². The zero-order valence-electron chi connectivity index (χ0n) is 27.0. The number of hydrogen-bond acceptors (Lipinski definition) is 9. The smallest absolute Gasteiger partial charge is 0.226 e. The Balaban J connectivity index is 1.33. The molecule has 1 saturated carbocycles. The molecule has 6 rings (SSSR count). The first-order chi connectivity index (χ1) is 22.8. The molecule has 5 aromatic rings. The van der Waals surface area contributed by atoms with E-state index < -0.39 is 29.7 Å². The van der Waals surface area contributed by atoms with Gasteiger partial charge < -0.3 is 35.3 Å². The van der Waals surface area contributed by atoms with Crippen LogP contribution < -0.4 is 16.0 Å². The Hall–Kier alpha value is -4.81. The van der Waals surface area contributed by atoms with Gasteiger partial charge in [0.15, 0.2) is 17.0 Å². The molecule has 1 aliphatic carbocycles. The molecule has 1 aliphatic rings. The van der Waals surface area contributed by atoms with E-state index in [0.29, 0.717) is 55.3 Å². The molecule has 1 unspecified atom stereocenters. The summed E-state index contributed by atoms with van der Waals surface area (Å²) in [6.07, 6.45) is 4.55. The minimum atomic E-state index is -1.12. The van der Waals surface area contributed by atoms with E-state index in [-0.39, 0.29) is 5.91 Å². The van der Waals surface area contributed by atoms with Gasteiger partial charge in [0.05, 0.1) is 30.4 Å². The van der Waals surface area contributed by atoms with Crippen LogP contribution in [0, 0.1) is 0 Å². The van der Waals surface area contributed by atoms with Crippen LogP contribution in [-0.4, -0.2) is 76.5 Å². The molecule has 1 fully saturated rings. The summed E-state index contributed by atoms with van der Waals surface area (Å²) in [4.78, 5) is 31.0. The highest BCUT2D eigenvalue weighted by Crippen LogP contribution is 2.36. The van der Waals surface area contributed by atoms with Gasteiger partial charge in [-0.05, 0) is 31.4 Å². The van der Waals surface area contributed by atoms with Crippen molar-refractivity contribution >= 4 is 28.8 Å². The maximum absolute atomic E-state index is 12.1. The predicted molar refractivity (Wildman–Crippen MR) is 181 cm³/mol. The van der Waals surface area contributed by atoms with Crippen molar-refractivity contribution in [2.45, 2.75) is 76.3 Å². The van der Waals surface area contributed by atoms with Crippen LogP contribution >= 0.6 is 0 Å². The molecule has 12 heteroatoms. The van der Waals surface area contributed by atoms with Crippen molar-refractivity contribution in [3.05, 3.63) is 96.3 Å². The van der Waals surface area contributed by atoms with Crippen LogP contribution in [0.25, 0.3) is 11.2 Å². The van der Waals surface area contributed by atoms with Crippen LogP contribution in [0.2, 0.25) is 0 Å². The lowest BCUT2D eigenvalue weighted by molar-refractivity contribution is -0.122. The number of nitrogens with one attached hydrogen (secondary N) is 3. The Kier molecular flexibility index (Phi) is 9.50. The average molecular weight is 638 g/mol. The van der Waals surface area contributed by atoms with E-state index in [0.717, 1.165) is 23.4 Å². The highest BCUT2D eigenvalue weighted by Gasteiger charge is 2.44. The van der Waals surface area contributed by atoms with Crippen molar-refractivity contribution in [2.75, 3.05) is 23.7 Å². The number of benzene rings is 2. The van der Waals surface area contributed by atoms with Crippen molar-refractivity contribution in [3.8, 4) is 0 Å². The monoisotopic (exact) mass is 637 g/mol. The largest absolute Gasteiger partial charge is 0.388 e. The summed E-state index contributed by atoms with van der Waals surface area (Å²) in [7, 11) is 0. The predicted octanol–water partition coefficient (Wildman–Crippen LogP) is 3.68. The third kappa shape index (κ3) is 6.70. The Morgan fingerprint density at radius 1 is 0.936 bits per heavy atom. The number of hydrogen-bond donors (Lipinski definition) is 5. The third-order valence-corrected chi connectivity index (χ3v) is 9.25. The Bertz CT molecular complexity index is 1750. The molecular weight excluding hydrogens is 594 g/mol. The van der Waals surface area contributed by atoms with Crippen molar-refractivity contribution in [3.63, 3.8) is 0 Å². The lowest BCUT2D eigenvalue weighted by atomic mass is 9.76. The van der Waals surface area contributed by atoms with Gasteiger partial charge in [-0.1, -0.05) is 67.6 Å². The number of carbonyl (C=O) groups excluding carboxylic acids is 1. The molecule has 47 heavy (non-hydrogen) atoms. The Morgan fingerprint density at radius 3 is 2.28 bits per heavy atom. The second-order valence-electron chi connectivity index (χ2n) is 12.3. The van der Waals surface area contributed by atoms with E-state index in [1.54, 1.807) is 17.8 Å². The van der Waals surface area contributed by atoms with Gasteiger partial charge in [-0.2, -0.15) is 9.97 Å². The van der Waals surface area contributed by atoms with Crippen LogP contribution in [-0.2, 0) is 23.2 Å². The molecule has 0 bridgehead atoms. The molecule has 246 valence electrons. The number of imidazole rings is 2. The van der Waals surface area contributed by atoms with Gasteiger partial charge in [-0.15, -0.1) is 0 Å². The van der Waals surface area contributed by atoms with Gasteiger partial charge in [0, 0.05) is 44.1 Å². The zero-order chi connectivity index (χ0) is 33.0. The van der Waals surface area contributed by atoms with Gasteiger partial charge in [0.1, 0.15) is 12.2 Å². The normalized spacial score (nSPS) is 19.6. The first-order valence-corrected chi connectivity index (χ1v) is 16.3. The summed E-state index contributed by atoms with van der Waals surface area (Å²) < 4.78 is 3.82. The maximum atomic E-state index is 12.1. The standard InChI is InChI=1S/C35H43N9O3/c1-4-28(45)40-26-18-27(31(47)30(26)46)44-22-39-29-32(41-34(42-33(29)44)36-17-16-25-19-43(5-2)21-38-25)37-20-35(3,23-12-8-6-9-13-23)24-14-10-7-11-15-24/h6-15,19,21-22,26-27,30-31,46-47H,4-5,16-18,20H2,1-3H3,(H,40,45)(H2,36,37,41,42)/t26-,27?,30+,31-/m0/s1. The van der Waals surface area contributed by atoms with Gasteiger partial charge in [-0.25, -0.2) is 9.97 Å². The van der Waals surface area contributed by atoms with E-state index in [1.165, 1.54) is 0 Å². The van der Waals surface area contributed by atoms with E-state index in [4.69, 9.17) is 15.0 Å². The van der Waals surface area contributed by atoms with Gasteiger partial charge >= 0.3 is 0 Å². The number of amides is 1. The second kappa shape index (κ2) is 13.9. The number of fused-ring (bicyclic) bond motifs is 1. The van der Waals surface area contributed by atoms with Crippen LogP contribution in [0.3, 0.4) is 0 Å². The highest BCUT2D eigenvalue weighted by atomic mass is 16.3. The quantitative estimate of drug-likeness (QED) is 0.130. The molecule has 12 nitrogen and oxygen atoms in total.